The average Bonchev–Trinajstić information content (AvgIpc) is 3.29. The number of nitrogens with zero attached hydrogens (tertiary/aromatic N) is 2. The molecule has 168 valence electrons. The molecule has 3 aromatic carbocycles. The summed E-state index contributed by atoms with van der Waals surface area (Å²) < 4.78 is 14.7. The fourth-order valence-corrected chi connectivity index (χ4v) is 4.68. The van der Waals surface area contributed by atoms with E-state index in [2.05, 4.69) is 116 Å². The Kier molecular flexibility index (Phi) is 4.70. The van der Waals surface area contributed by atoms with Crippen molar-refractivity contribution in [2.24, 2.45) is 0 Å². The second-order valence-corrected chi connectivity index (χ2v) is 9.98. The van der Waals surface area contributed by atoms with Crippen molar-refractivity contribution in [2.75, 3.05) is 0 Å². The minimum absolute atomic E-state index is 0.339. The van der Waals surface area contributed by atoms with Crippen LogP contribution in [0, 0.1) is 0 Å². The average molecular weight is 446 g/mol. The van der Waals surface area contributed by atoms with Crippen molar-refractivity contribution < 1.29 is 9.31 Å². The first-order valence-corrected chi connectivity index (χ1v) is 11.7. The molecular formula is C29H27BN2O2. The number of benzene rings is 3. The minimum Gasteiger partial charge on any atom is -0.399 e. The highest BCUT2D eigenvalue weighted by atomic mass is 16.7. The van der Waals surface area contributed by atoms with Crippen LogP contribution in [0.3, 0.4) is 0 Å². The van der Waals surface area contributed by atoms with E-state index in [1.54, 1.807) is 0 Å². The molecule has 0 saturated carbocycles. The van der Waals surface area contributed by atoms with E-state index < -0.39 is 0 Å². The first kappa shape index (κ1) is 21.1. The topological polar surface area (TPSA) is 36.3 Å². The fraction of sp³-hybridized carbons (Fsp3) is 0.207. The third-order valence-electron chi connectivity index (χ3n) is 7.32. The van der Waals surface area contributed by atoms with Crippen molar-refractivity contribution in [3.05, 3.63) is 91.1 Å². The lowest BCUT2D eigenvalue weighted by Gasteiger charge is -2.32. The third kappa shape index (κ3) is 3.27. The van der Waals surface area contributed by atoms with Crippen molar-refractivity contribution >= 4 is 34.5 Å². The van der Waals surface area contributed by atoms with E-state index >= 15 is 0 Å². The molecule has 0 amide bonds. The molecule has 0 unspecified atom stereocenters. The van der Waals surface area contributed by atoms with Crippen LogP contribution in [0.4, 0.5) is 0 Å². The lowest BCUT2D eigenvalue weighted by molar-refractivity contribution is 0.00578. The second kappa shape index (κ2) is 7.56. The number of aromatic nitrogens is 2. The van der Waals surface area contributed by atoms with Crippen LogP contribution in [0.15, 0.2) is 91.1 Å². The summed E-state index contributed by atoms with van der Waals surface area (Å²) in [5.41, 5.74) is 7.12. The van der Waals surface area contributed by atoms with Crippen molar-refractivity contribution in [3.63, 3.8) is 0 Å². The largest absolute Gasteiger partial charge is 0.494 e. The van der Waals surface area contributed by atoms with Gasteiger partial charge in [0.05, 0.1) is 27.8 Å². The van der Waals surface area contributed by atoms with E-state index in [0.29, 0.717) is 0 Å². The Hall–Kier alpha value is -3.41. The van der Waals surface area contributed by atoms with Crippen LogP contribution < -0.4 is 5.46 Å². The lowest BCUT2D eigenvalue weighted by Crippen LogP contribution is -2.41. The molecule has 0 spiro atoms. The zero-order valence-electron chi connectivity index (χ0n) is 19.9. The molecule has 1 fully saturated rings. The second-order valence-electron chi connectivity index (χ2n) is 9.98. The zero-order chi connectivity index (χ0) is 23.5. The molecule has 0 N–H and O–H groups in total. The van der Waals surface area contributed by atoms with Gasteiger partial charge in [-0.2, -0.15) is 0 Å². The van der Waals surface area contributed by atoms with Crippen LogP contribution in [0.2, 0.25) is 0 Å². The van der Waals surface area contributed by atoms with E-state index in [0.717, 1.165) is 33.3 Å². The number of hydrogen-bond acceptors (Lipinski definition) is 3. The van der Waals surface area contributed by atoms with Crippen molar-refractivity contribution in [1.82, 2.24) is 9.55 Å². The van der Waals surface area contributed by atoms with Crippen LogP contribution in [-0.2, 0) is 9.31 Å². The number of hydrogen-bond donors (Lipinski definition) is 0. The van der Waals surface area contributed by atoms with Gasteiger partial charge in [0.2, 0.25) is 0 Å². The van der Waals surface area contributed by atoms with E-state index in [1.165, 1.54) is 10.9 Å². The Morgan fingerprint density at radius 1 is 0.676 bits per heavy atom. The quantitative estimate of drug-likeness (QED) is 0.312. The van der Waals surface area contributed by atoms with Gasteiger partial charge >= 0.3 is 7.12 Å². The SMILES string of the molecule is CC1(C)OB(c2ccc(-c3ccc(-n4c5ccccc5c5ncccc54)cc3)cc2)OC1(C)C. The number of rotatable bonds is 3. The minimum atomic E-state index is -0.342. The summed E-state index contributed by atoms with van der Waals surface area (Å²) in [7, 11) is -0.342. The number of pyridine rings is 1. The Labute approximate surface area is 200 Å². The van der Waals surface area contributed by atoms with Gasteiger partial charge < -0.3 is 13.9 Å². The highest BCUT2D eigenvalue weighted by molar-refractivity contribution is 6.62. The number of para-hydroxylation sites is 1. The molecule has 0 atom stereocenters. The standard InChI is InChI=1S/C29H27BN2O2/c1-28(2)29(3,4)34-30(33-28)22-15-11-20(12-16-22)21-13-17-23(18-14-21)32-25-9-6-5-8-24(25)27-26(32)10-7-19-31-27/h5-19H,1-4H3. The molecule has 1 aliphatic rings. The van der Waals surface area contributed by atoms with Gasteiger partial charge in [0, 0.05) is 17.3 Å². The summed E-state index contributed by atoms with van der Waals surface area (Å²) in [6.45, 7) is 8.32. The first-order valence-electron chi connectivity index (χ1n) is 11.7. The maximum atomic E-state index is 6.19. The van der Waals surface area contributed by atoms with Gasteiger partial charge in [-0.25, -0.2) is 0 Å². The molecule has 3 heterocycles. The van der Waals surface area contributed by atoms with Gasteiger partial charge in [-0.3, -0.25) is 4.98 Å². The maximum absolute atomic E-state index is 6.19. The Morgan fingerprint density at radius 2 is 1.26 bits per heavy atom. The van der Waals surface area contributed by atoms with E-state index in [-0.39, 0.29) is 18.3 Å². The van der Waals surface area contributed by atoms with Crippen LogP contribution >= 0.6 is 0 Å². The van der Waals surface area contributed by atoms with Gasteiger partial charge in [-0.15, -0.1) is 0 Å². The molecule has 4 nitrogen and oxygen atoms in total. The predicted molar refractivity (Wildman–Crippen MR) is 140 cm³/mol. The molecule has 0 aliphatic carbocycles. The van der Waals surface area contributed by atoms with Crippen molar-refractivity contribution in [1.29, 1.82) is 0 Å². The van der Waals surface area contributed by atoms with Gasteiger partial charge in [-0.1, -0.05) is 54.6 Å². The van der Waals surface area contributed by atoms with Crippen molar-refractivity contribution in [2.45, 2.75) is 38.9 Å². The van der Waals surface area contributed by atoms with Gasteiger partial charge in [-0.05, 0) is 74.6 Å². The summed E-state index contributed by atoms with van der Waals surface area (Å²) in [6.07, 6.45) is 1.86. The van der Waals surface area contributed by atoms with Gasteiger partial charge in [0.1, 0.15) is 0 Å². The summed E-state index contributed by atoms with van der Waals surface area (Å²) in [5.74, 6) is 0. The lowest BCUT2D eigenvalue weighted by atomic mass is 9.78. The molecule has 1 saturated heterocycles. The molecule has 5 heteroatoms. The summed E-state index contributed by atoms with van der Waals surface area (Å²) in [4.78, 5) is 4.64. The molecule has 1 aliphatic heterocycles. The van der Waals surface area contributed by atoms with Crippen LogP contribution in [0.25, 0.3) is 38.8 Å². The molecule has 0 radical (unpaired) electrons. The first-order chi connectivity index (χ1) is 16.3. The molecule has 0 bridgehead atoms. The number of fused-ring (bicyclic) bond motifs is 3. The molecule has 6 rings (SSSR count). The Bertz CT molecular complexity index is 1430. The summed E-state index contributed by atoms with van der Waals surface area (Å²) in [6, 6.07) is 29.7. The van der Waals surface area contributed by atoms with Crippen LogP contribution in [-0.4, -0.2) is 27.9 Å². The maximum Gasteiger partial charge on any atom is 0.494 e. The fourth-order valence-electron chi connectivity index (χ4n) is 4.68. The Morgan fingerprint density at radius 3 is 1.94 bits per heavy atom. The molecular weight excluding hydrogens is 419 g/mol. The monoisotopic (exact) mass is 446 g/mol. The predicted octanol–water partition coefficient (Wildman–Crippen LogP) is 6.14. The molecule has 34 heavy (non-hydrogen) atoms. The smallest absolute Gasteiger partial charge is 0.399 e. The zero-order valence-corrected chi connectivity index (χ0v) is 19.9. The van der Waals surface area contributed by atoms with E-state index in [4.69, 9.17) is 9.31 Å². The van der Waals surface area contributed by atoms with Crippen LogP contribution in [0.1, 0.15) is 27.7 Å². The molecule has 5 aromatic rings. The van der Waals surface area contributed by atoms with E-state index in [1.807, 2.05) is 12.3 Å². The normalized spacial score (nSPS) is 17.0. The van der Waals surface area contributed by atoms with Gasteiger partial charge in [0.15, 0.2) is 0 Å². The Balaban J connectivity index is 1.32. The highest BCUT2D eigenvalue weighted by Crippen LogP contribution is 2.36. The third-order valence-corrected chi connectivity index (χ3v) is 7.32. The highest BCUT2D eigenvalue weighted by Gasteiger charge is 2.51. The van der Waals surface area contributed by atoms with Crippen LogP contribution in [0.5, 0.6) is 0 Å². The van der Waals surface area contributed by atoms with Gasteiger partial charge in [0.25, 0.3) is 0 Å². The summed E-state index contributed by atoms with van der Waals surface area (Å²) in [5, 5.41) is 1.17. The molecule has 2 aromatic heterocycles. The summed E-state index contributed by atoms with van der Waals surface area (Å²) >= 11 is 0. The van der Waals surface area contributed by atoms with Crippen molar-refractivity contribution in [3.8, 4) is 16.8 Å². The van der Waals surface area contributed by atoms with E-state index in [9.17, 15) is 0 Å².